The number of hydrogen-bond acceptors (Lipinski definition) is 3. The number of thiophene rings is 1. The highest BCUT2D eigenvalue weighted by atomic mass is 32.1. The third kappa shape index (κ3) is 2.35. The van der Waals surface area contributed by atoms with Gasteiger partial charge < -0.3 is 10.3 Å². The maximum absolute atomic E-state index is 12.1. The second-order valence-corrected chi connectivity index (χ2v) is 5.42. The van der Waals surface area contributed by atoms with Crippen LogP contribution in [-0.2, 0) is 0 Å². The maximum Gasteiger partial charge on any atom is 0.272 e. The Morgan fingerprint density at radius 2 is 1.90 bits per heavy atom. The summed E-state index contributed by atoms with van der Waals surface area (Å²) in [5, 5.41) is 4.77. The van der Waals surface area contributed by atoms with Crippen molar-refractivity contribution in [2.24, 2.45) is 0 Å². The van der Waals surface area contributed by atoms with E-state index in [1.54, 1.807) is 35.6 Å². The van der Waals surface area contributed by atoms with Crippen molar-refractivity contribution in [2.45, 2.75) is 6.92 Å². The number of H-pyrrole nitrogens is 1. The Balaban J connectivity index is 1.78. The molecule has 5 heteroatoms. The number of benzene rings is 1. The molecule has 3 aromatic rings. The molecule has 2 N–H and O–H groups in total. The molecule has 0 unspecified atom stereocenters. The SMILES string of the molecule is CC(=O)c1ccc(NC(=O)c2cc3sccc3[nH]2)cc1. The van der Waals surface area contributed by atoms with Crippen molar-refractivity contribution in [3.8, 4) is 0 Å². The highest BCUT2D eigenvalue weighted by Crippen LogP contribution is 2.22. The molecule has 0 aliphatic carbocycles. The monoisotopic (exact) mass is 284 g/mol. The summed E-state index contributed by atoms with van der Waals surface area (Å²) in [6.45, 7) is 1.51. The fourth-order valence-corrected chi connectivity index (χ4v) is 2.74. The molecule has 2 aromatic heterocycles. The van der Waals surface area contributed by atoms with Crippen molar-refractivity contribution < 1.29 is 9.59 Å². The Kier molecular flexibility index (Phi) is 3.12. The molecule has 100 valence electrons. The third-order valence-electron chi connectivity index (χ3n) is 3.03. The van der Waals surface area contributed by atoms with Gasteiger partial charge in [0.15, 0.2) is 5.78 Å². The third-order valence-corrected chi connectivity index (χ3v) is 3.90. The lowest BCUT2D eigenvalue weighted by Crippen LogP contribution is -2.12. The Hall–Kier alpha value is -2.40. The van der Waals surface area contributed by atoms with Crippen LogP contribution in [0.15, 0.2) is 41.8 Å². The fourth-order valence-electron chi connectivity index (χ4n) is 1.96. The number of fused-ring (bicyclic) bond motifs is 1. The standard InChI is InChI=1S/C15H12N2O2S/c1-9(18)10-2-4-11(5-3-10)16-15(19)13-8-14-12(17-13)6-7-20-14/h2-8,17H,1H3,(H,16,19). The summed E-state index contributed by atoms with van der Waals surface area (Å²) >= 11 is 1.59. The molecule has 2 heterocycles. The number of aromatic amines is 1. The molecule has 0 radical (unpaired) electrons. The van der Waals surface area contributed by atoms with Gasteiger partial charge in [0.1, 0.15) is 5.69 Å². The molecule has 0 bridgehead atoms. The molecule has 0 aliphatic heterocycles. The topological polar surface area (TPSA) is 62.0 Å². The van der Waals surface area contributed by atoms with Gasteiger partial charge in [-0.15, -0.1) is 11.3 Å². The van der Waals surface area contributed by atoms with E-state index < -0.39 is 0 Å². The second kappa shape index (κ2) is 4.94. The number of carbonyl (C=O) groups excluding carboxylic acids is 2. The van der Waals surface area contributed by atoms with Crippen LogP contribution in [-0.4, -0.2) is 16.7 Å². The van der Waals surface area contributed by atoms with Crippen molar-refractivity contribution in [1.29, 1.82) is 0 Å². The lowest BCUT2D eigenvalue weighted by molar-refractivity contribution is 0.101. The number of rotatable bonds is 3. The van der Waals surface area contributed by atoms with Crippen molar-refractivity contribution >= 4 is 38.9 Å². The highest BCUT2D eigenvalue weighted by Gasteiger charge is 2.10. The van der Waals surface area contributed by atoms with Gasteiger partial charge in [-0.3, -0.25) is 9.59 Å². The minimum Gasteiger partial charge on any atom is -0.350 e. The Morgan fingerprint density at radius 1 is 1.15 bits per heavy atom. The number of ketones is 1. The largest absolute Gasteiger partial charge is 0.350 e. The zero-order valence-electron chi connectivity index (χ0n) is 10.8. The molecular formula is C15H12N2O2S. The maximum atomic E-state index is 12.1. The molecule has 0 atom stereocenters. The number of amides is 1. The molecule has 0 saturated heterocycles. The minimum absolute atomic E-state index is 0.00693. The molecular weight excluding hydrogens is 272 g/mol. The average molecular weight is 284 g/mol. The Bertz CT molecular complexity index is 755. The number of anilines is 1. The summed E-state index contributed by atoms with van der Waals surface area (Å²) in [7, 11) is 0. The van der Waals surface area contributed by atoms with Gasteiger partial charge in [-0.2, -0.15) is 0 Å². The molecule has 0 fully saturated rings. The van der Waals surface area contributed by atoms with Crippen LogP contribution in [0.4, 0.5) is 5.69 Å². The molecule has 3 rings (SSSR count). The summed E-state index contributed by atoms with van der Waals surface area (Å²) in [6.07, 6.45) is 0. The number of nitrogens with one attached hydrogen (secondary N) is 2. The Labute approximate surface area is 119 Å². The smallest absolute Gasteiger partial charge is 0.272 e. The van der Waals surface area contributed by atoms with Crippen LogP contribution in [0.25, 0.3) is 10.2 Å². The van der Waals surface area contributed by atoms with Crippen LogP contribution >= 0.6 is 11.3 Å². The van der Waals surface area contributed by atoms with Crippen LogP contribution < -0.4 is 5.32 Å². The molecule has 1 amide bonds. The van der Waals surface area contributed by atoms with E-state index in [1.165, 1.54) is 6.92 Å². The van der Waals surface area contributed by atoms with Gasteiger partial charge in [0, 0.05) is 11.3 Å². The van der Waals surface area contributed by atoms with E-state index in [1.807, 2.05) is 17.5 Å². The summed E-state index contributed by atoms with van der Waals surface area (Å²) < 4.78 is 1.06. The normalized spacial score (nSPS) is 10.7. The first kappa shape index (κ1) is 12.6. The van der Waals surface area contributed by atoms with Gasteiger partial charge in [-0.25, -0.2) is 0 Å². The minimum atomic E-state index is -0.191. The van der Waals surface area contributed by atoms with Crippen LogP contribution in [0.2, 0.25) is 0 Å². The van der Waals surface area contributed by atoms with Crippen LogP contribution in [0, 0.1) is 0 Å². The zero-order chi connectivity index (χ0) is 14.1. The van der Waals surface area contributed by atoms with Crippen molar-refractivity contribution in [3.05, 3.63) is 53.0 Å². The lowest BCUT2D eigenvalue weighted by Gasteiger charge is -2.04. The summed E-state index contributed by atoms with van der Waals surface area (Å²) in [5.41, 5.74) is 2.79. The number of hydrogen-bond donors (Lipinski definition) is 2. The lowest BCUT2D eigenvalue weighted by atomic mass is 10.1. The van der Waals surface area contributed by atoms with Gasteiger partial charge in [0.05, 0.1) is 10.2 Å². The van der Waals surface area contributed by atoms with Crippen molar-refractivity contribution in [2.75, 3.05) is 5.32 Å². The molecule has 1 aromatic carbocycles. The van der Waals surface area contributed by atoms with Crippen molar-refractivity contribution in [1.82, 2.24) is 4.98 Å². The second-order valence-electron chi connectivity index (χ2n) is 4.47. The zero-order valence-corrected chi connectivity index (χ0v) is 11.6. The van der Waals surface area contributed by atoms with Crippen LogP contribution in [0.5, 0.6) is 0 Å². The fraction of sp³-hybridized carbons (Fsp3) is 0.0667. The summed E-state index contributed by atoms with van der Waals surface area (Å²) in [5.74, 6) is -0.184. The van der Waals surface area contributed by atoms with Crippen LogP contribution in [0.3, 0.4) is 0 Å². The molecule has 0 aliphatic rings. The van der Waals surface area contributed by atoms with E-state index >= 15 is 0 Å². The highest BCUT2D eigenvalue weighted by molar-refractivity contribution is 7.17. The summed E-state index contributed by atoms with van der Waals surface area (Å²) in [6, 6.07) is 10.6. The first-order chi connectivity index (χ1) is 9.63. The van der Waals surface area contributed by atoms with Crippen molar-refractivity contribution in [3.63, 3.8) is 0 Å². The van der Waals surface area contributed by atoms with E-state index in [0.717, 1.165) is 10.2 Å². The molecule has 0 spiro atoms. The van der Waals surface area contributed by atoms with E-state index in [4.69, 9.17) is 0 Å². The summed E-state index contributed by atoms with van der Waals surface area (Å²) in [4.78, 5) is 26.3. The predicted octanol–water partition coefficient (Wildman–Crippen LogP) is 3.68. The predicted molar refractivity (Wildman–Crippen MR) is 80.6 cm³/mol. The van der Waals surface area contributed by atoms with E-state index in [2.05, 4.69) is 10.3 Å². The first-order valence-electron chi connectivity index (χ1n) is 6.12. The van der Waals surface area contributed by atoms with Gasteiger partial charge >= 0.3 is 0 Å². The number of Topliss-reactive ketones (excluding diaryl/α,β-unsaturated/α-hetero) is 1. The van der Waals surface area contributed by atoms with Gasteiger partial charge in [-0.05, 0) is 48.7 Å². The van der Waals surface area contributed by atoms with Gasteiger partial charge in [0.2, 0.25) is 0 Å². The van der Waals surface area contributed by atoms with E-state index in [9.17, 15) is 9.59 Å². The number of carbonyl (C=O) groups is 2. The first-order valence-corrected chi connectivity index (χ1v) is 7.00. The molecule has 4 nitrogen and oxygen atoms in total. The van der Waals surface area contributed by atoms with Gasteiger partial charge in [-0.1, -0.05) is 0 Å². The quantitative estimate of drug-likeness (QED) is 0.721. The van der Waals surface area contributed by atoms with E-state index in [-0.39, 0.29) is 11.7 Å². The average Bonchev–Trinajstić information content (AvgIpc) is 2.99. The van der Waals surface area contributed by atoms with Crippen LogP contribution in [0.1, 0.15) is 27.8 Å². The molecule has 0 saturated carbocycles. The number of aromatic nitrogens is 1. The van der Waals surface area contributed by atoms with E-state index in [0.29, 0.717) is 16.9 Å². The Morgan fingerprint density at radius 3 is 2.55 bits per heavy atom. The van der Waals surface area contributed by atoms with Gasteiger partial charge in [0.25, 0.3) is 5.91 Å². The molecule has 20 heavy (non-hydrogen) atoms.